The van der Waals surface area contributed by atoms with Crippen molar-refractivity contribution in [2.75, 3.05) is 13.2 Å². The Bertz CT molecular complexity index is 1100. The molecule has 0 bridgehead atoms. The number of carbonyl (C=O) groups is 3. The highest BCUT2D eigenvalue weighted by molar-refractivity contribution is 5.71. The van der Waals surface area contributed by atoms with Crippen LogP contribution in [0.15, 0.2) is 60.8 Å². The van der Waals surface area contributed by atoms with Gasteiger partial charge in [0.25, 0.3) is 0 Å². The molecule has 0 heterocycles. The fourth-order valence-electron chi connectivity index (χ4n) is 6.96. The number of rotatable bonds is 45. The lowest BCUT2D eigenvalue weighted by atomic mass is 10.0. The van der Waals surface area contributed by atoms with E-state index in [9.17, 15) is 14.4 Å². The molecule has 0 aliphatic carbocycles. The molecule has 0 unspecified atom stereocenters. The van der Waals surface area contributed by atoms with Crippen molar-refractivity contribution in [1.29, 1.82) is 0 Å². The van der Waals surface area contributed by atoms with E-state index in [-0.39, 0.29) is 31.1 Å². The summed E-state index contributed by atoms with van der Waals surface area (Å²) in [4.78, 5) is 37.9. The normalized spacial score (nSPS) is 12.5. The van der Waals surface area contributed by atoms with Gasteiger partial charge in [-0.15, -0.1) is 0 Å². The van der Waals surface area contributed by atoms with E-state index in [1.165, 1.54) is 109 Å². The molecule has 0 rings (SSSR count). The molecular weight excluding hydrogens is 745 g/mol. The molecule has 346 valence electrons. The highest BCUT2D eigenvalue weighted by Gasteiger charge is 2.19. The van der Waals surface area contributed by atoms with Gasteiger partial charge in [-0.1, -0.05) is 204 Å². The molecule has 1 atom stereocenters. The molecule has 0 aromatic carbocycles. The highest BCUT2D eigenvalue weighted by atomic mass is 16.6. The van der Waals surface area contributed by atoms with Crippen molar-refractivity contribution < 1.29 is 28.6 Å². The van der Waals surface area contributed by atoms with Crippen LogP contribution in [0.1, 0.15) is 245 Å². The van der Waals surface area contributed by atoms with Crippen molar-refractivity contribution >= 4 is 17.9 Å². The van der Waals surface area contributed by atoms with Crippen molar-refractivity contribution in [3.8, 4) is 0 Å². The molecule has 0 amide bonds. The molecule has 0 saturated carbocycles. The predicted molar refractivity (Wildman–Crippen MR) is 256 cm³/mol. The van der Waals surface area contributed by atoms with E-state index >= 15 is 0 Å². The second-order valence-electron chi connectivity index (χ2n) is 16.7. The molecule has 0 aliphatic rings. The van der Waals surface area contributed by atoms with Crippen molar-refractivity contribution in [2.45, 2.75) is 252 Å². The maximum atomic E-state index is 12.8. The first kappa shape index (κ1) is 57.1. The molecule has 0 radical (unpaired) electrons. The van der Waals surface area contributed by atoms with E-state index in [0.29, 0.717) is 19.3 Å². The van der Waals surface area contributed by atoms with Crippen molar-refractivity contribution in [2.24, 2.45) is 0 Å². The van der Waals surface area contributed by atoms with Gasteiger partial charge >= 0.3 is 17.9 Å². The van der Waals surface area contributed by atoms with Gasteiger partial charge in [-0.25, -0.2) is 0 Å². The summed E-state index contributed by atoms with van der Waals surface area (Å²) in [5, 5.41) is 0. The van der Waals surface area contributed by atoms with Gasteiger partial charge in [0.2, 0.25) is 0 Å². The van der Waals surface area contributed by atoms with Crippen LogP contribution < -0.4 is 0 Å². The lowest BCUT2D eigenvalue weighted by Crippen LogP contribution is -2.30. The Hall–Kier alpha value is -2.89. The monoisotopic (exact) mass is 839 g/mol. The number of unbranched alkanes of at least 4 members (excludes halogenated alkanes) is 24. The Morgan fingerprint density at radius 2 is 0.650 bits per heavy atom. The summed E-state index contributed by atoms with van der Waals surface area (Å²) in [6.45, 7) is 6.48. The molecule has 0 aromatic rings. The largest absolute Gasteiger partial charge is 0.462 e. The van der Waals surface area contributed by atoms with Crippen molar-refractivity contribution in [1.82, 2.24) is 0 Å². The van der Waals surface area contributed by atoms with Crippen LogP contribution in [0.25, 0.3) is 0 Å². The standard InChI is InChI=1S/C54H94O6/c1-4-7-10-13-16-19-22-25-27-29-32-35-38-41-44-47-53(56)59-50-51(49-58-52(55)46-43-40-37-34-31-24-21-18-15-12-9-6-3)60-54(57)48-45-42-39-36-33-30-28-26-23-20-17-14-11-8-5-2/h7,10,16,19,25-28,32,35,51H,4-6,8-9,11-15,17-18,20-24,29-31,33-34,36-50H2,1-3H3/b10-7-,19-16-,27-25-,28-26-,35-32-/t51-/m0/s1. The van der Waals surface area contributed by atoms with Crippen LogP contribution in [-0.4, -0.2) is 37.2 Å². The van der Waals surface area contributed by atoms with Gasteiger partial charge in [-0.05, 0) is 83.5 Å². The van der Waals surface area contributed by atoms with Crippen LogP contribution >= 0.6 is 0 Å². The number of allylic oxidation sites excluding steroid dienone is 10. The molecule has 60 heavy (non-hydrogen) atoms. The van der Waals surface area contributed by atoms with Crippen LogP contribution in [0, 0.1) is 0 Å². The minimum absolute atomic E-state index is 0.0890. The van der Waals surface area contributed by atoms with Crippen LogP contribution in [0.5, 0.6) is 0 Å². The predicted octanol–water partition coefficient (Wildman–Crippen LogP) is 16.5. The topological polar surface area (TPSA) is 78.9 Å². The van der Waals surface area contributed by atoms with E-state index < -0.39 is 6.10 Å². The smallest absolute Gasteiger partial charge is 0.306 e. The summed E-state index contributed by atoms with van der Waals surface area (Å²) in [6, 6.07) is 0. The fraction of sp³-hybridized carbons (Fsp3) is 0.759. The average Bonchev–Trinajstić information content (AvgIpc) is 3.24. The summed E-state index contributed by atoms with van der Waals surface area (Å²) in [6.07, 6.45) is 59.2. The third kappa shape index (κ3) is 46.2. The van der Waals surface area contributed by atoms with Gasteiger partial charge in [-0.3, -0.25) is 14.4 Å². The second-order valence-corrected chi connectivity index (χ2v) is 16.7. The van der Waals surface area contributed by atoms with Gasteiger partial charge in [0.15, 0.2) is 6.10 Å². The van der Waals surface area contributed by atoms with Gasteiger partial charge in [-0.2, -0.15) is 0 Å². The second kappa shape index (κ2) is 48.8. The molecule has 0 aromatic heterocycles. The van der Waals surface area contributed by atoms with E-state index in [4.69, 9.17) is 14.2 Å². The average molecular weight is 839 g/mol. The lowest BCUT2D eigenvalue weighted by molar-refractivity contribution is -0.167. The van der Waals surface area contributed by atoms with Crippen molar-refractivity contribution in [3.05, 3.63) is 60.8 Å². The van der Waals surface area contributed by atoms with Gasteiger partial charge in [0, 0.05) is 19.3 Å². The van der Waals surface area contributed by atoms with Crippen LogP contribution in [-0.2, 0) is 28.6 Å². The molecule has 0 fully saturated rings. The Labute approximate surface area is 370 Å². The molecular formula is C54H94O6. The van der Waals surface area contributed by atoms with Gasteiger partial charge in [0.05, 0.1) is 0 Å². The number of ether oxygens (including phenoxy) is 3. The summed E-state index contributed by atoms with van der Waals surface area (Å²) >= 11 is 0. The Morgan fingerprint density at radius 3 is 1.07 bits per heavy atom. The first-order valence-electron chi connectivity index (χ1n) is 25.3. The first-order chi connectivity index (χ1) is 29.5. The highest BCUT2D eigenvalue weighted by Crippen LogP contribution is 2.14. The molecule has 0 N–H and O–H groups in total. The lowest BCUT2D eigenvalue weighted by Gasteiger charge is -2.18. The summed E-state index contributed by atoms with van der Waals surface area (Å²) < 4.78 is 16.7. The van der Waals surface area contributed by atoms with Crippen LogP contribution in [0.3, 0.4) is 0 Å². The number of carbonyl (C=O) groups excluding carboxylic acids is 3. The zero-order valence-electron chi connectivity index (χ0n) is 39.5. The minimum atomic E-state index is -0.792. The minimum Gasteiger partial charge on any atom is -0.462 e. The number of hydrogen-bond acceptors (Lipinski definition) is 6. The van der Waals surface area contributed by atoms with Crippen molar-refractivity contribution in [3.63, 3.8) is 0 Å². The summed E-state index contributed by atoms with van der Waals surface area (Å²) in [5.74, 6) is -0.938. The van der Waals surface area contributed by atoms with E-state index in [2.05, 4.69) is 81.5 Å². The SMILES string of the molecule is CC/C=C\C/C=C\C/C=C\C/C=C\CCCCC(=O)OC[C@H](COC(=O)CCCCCCCCCCCCCC)OC(=O)CCCCCCC/C=C\CCCCCCCC. The Balaban J connectivity index is 4.45. The van der Waals surface area contributed by atoms with Gasteiger partial charge in [0.1, 0.15) is 13.2 Å². The maximum Gasteiger partial charge on any atom is 0.306 e. The molecule has 6 nitrogen and oxygen atoms in total. The Kier molecular flexibility index (Phi) is 46.4. The van der Waals surface area contributed by atoms with Crippen LogP contribution in [0.4, 0.5) is 0 Å². The van der Waals surface area contributed by atoms with Crippen LogP contribution in [0.2, 0.25) is 0 Å². The first-order valence-corrected chi connectivity index (χ1v) is 25.3. The fourth-order valence-corrected chi connectivity index (χ4v) is 6.96. The molecule has 6 heteroatoms. The summed E-state index contributed by atoms with van der Waals surface area (Å²) in [5.41, 5.74) is 0. The maximum absolute atomic E-state index is 12.8. The Morgan fingerprint density at radius 1 is 0.350 bits per heavy atom. The third-order valence-corrected chi connectivity index (χ3v) is 10.8. The molecule has 0 spiro atoms. The third-order valence-electron chi connectivity index (χ3n) is 10.8. The van der Waals surface area contributed by atoms with E-state index in [0.717, 1.165) is 96.3 Å². The molecule has 0 aliphatic heterocycles. The zero-order valence-corrected chi connectivity index (χ0v) is 39.5. The quantitative estimate of drug-likeness (QED) is 0.0263. The summed E-state index contributed by atoms with van der Waals surface area (Å²) in [7, 11) is 0. The molecule has 0 saturated heterocycles. The number of esters is 3. The van der Waals surface area contributed by atoms with Gasteiger partial charge < -0.3 is 14.2 Å². The van der Waals surface area contributed by atoms with E-state index in [1.54, 1.807) is 0 Å². The number of hydrogen-bond donors (Lipinski definition) is 0. The zero-order chi connectivity index (χ0) is 43.7. The van der Waals surface area contributed by atoms with E-state index in [1.807, 2.05) is 0 Å².